The van der Waals surface area contributed by atoms with Gasteiger partial charge in [0.25, 0.3) is 0 Å². The van der Waals surface area contributed by atoms with Crippen molar-refractivity contribution in [1.29, 1.82) is 0 Å². The number of esters is 2. The van der Waals surface area contributed by atoms with Crippen LogP contribution in [0.15, 0.2) is 12.2 Å². The van der Waals surface area contributed by atoms with Crippen LogP contribution in [0.25, 0.3) is 0 Å². The molecule has 0 bridgehead atoms. The molecule has 2 saturated heterocycles. The minimum Gasteiger partial charge on any atom is -0.462 e. The number of carbonyl (C=O) groups is 2. The van der Waals surface area contributed by atoms with Crippen LogP contribution in [0.1, 0.15) is 206 Å². The highest BCUT2D eigenvalue weighted by atomic mass is 31.2. The average molecular weight is 1190 g/mol. The maximum atomic E-state index is 14.0. The Hall–Kier alpha value is -1.81. The Balaban J connectivity index is 1.68. The summed E-state index contributed by atoms with van der Waals surface area (Å²) in [4.78, 5) is 37.5. The molecule has 1 saturated carbocycles. The number of allylic oxidation sites excluding steroid dienone is 2. The molecule has 3 fully saturated rings. The Morgan fingerprint density at radius 3 is 1.22 bits per heavy atom. The van der Waals surface area contributed by atoms with E-state index in [-0.39, 0.29) is 12.8 Å². The first kappa shape index (κ1) is 73.4. The molecule has 1 aliphatic carbocycles. The van der Waals surface area contributed by atoms with Crippen LogP contribution < -0.4 is 0 Å². The van der Waals surface area contributed by atoms with Gasteiger partial charge in [-0.2, -0.15) is 0 Å². The van der Waals surface area contributed by atoms with E-state index in [1.54, 1.807) is 0 Å². The summed E-state index contributed by atoms with van der Waals surface area (Å²) in [6, 6.07) is 0. The summed E-state index contributed by atoms with van der Waals surface area (Å²) in [5.41, 5.74) is 0. The fraction of sp³-hybridized carbons (Fsp3) is 0.930. The largest absolute Gasteiger partial charge is 0.472 e. The van der Waals surface area contributed by atoms with Gasteiger partial charge in [-0.05, 0) is 38.5 Å². The minimum atomic E-state index is -5.64. The lowest BCUT2D eigenvalue weighted by atomic mass is 9.84. The van der Waals surface area contributed by atoms with E-state index in [9.17, 15) is 75.2 Å². The molecule has 2 aliphatic heterocycles. The molecule has 0 radical (unpaired) electrons. The van der Waals surface area contributed by atoms with Gasteiger partial charge in [-0.15, -0.1) is 0 Å². The van der Waals surface area contributed by atoms with Crippen molar-refractivity contribution in [3.8, 4) is 0 Å². The number of phosphoric ester groups is 1. The van der Waals surface area contributed by atoms with Gasteiger partial charge in [0.2, 0.25) is 0 Å². The molecule has 12 N–H and O–H groups in total. The smallest absolute Gasteiger partial charge is 0.462 e. The fourth-order valence-electron chi connectivity index (χ4n) is 10.2. The summed E-state index contributed by atoms with van der Waals surface area (Å²) in [6.45, 7) is 1.00. The lowest BCUT2D eigenvalue weighted by Crippen LogP contribution is -2.69. The maximum absolute atomic E-state index is 14.0. The van der Waals surface area contributed by atoms with Crippen LogP contribution >= 0.6 is 7.82 Å². The number of hydrogen-bond acceptors (Lipinski definition) is 22. The summed E-state index contributed by atoms with van der Waals surface area (Å²) < 4.78 is 58.1. The van der Waals surface area contributed by atoms with Crippen LogP contribution in [0.5, 0.6) is 0 Å². The van der Waals surface area contributed by atoms with E-state index >= 15 is 0 Å². The number of unbranched alkanes of at least 4 members (excludes halogenated alkanes) is 25. The molecule has 16 atom stereocenters. The van der Waals surface area contributed by atoms with Crippen LogP contribution in [0.4, 0.5) is 0 Å². The van der Waals surface area contributed by atoms with Gasteiger partial charge in [0.1, 0.15) is 92.1 Å². The Kier molecular flexibility index (Phi) is 38.2. The molecule has 0 spiro atoms. The zero-order chi connectivity index (χ0) is 59.6. The predicted molar refractivity (Wildman–Crippen MR) is 296 cm³/mol. The van der Waals surface area contributed by atoms with Gasteiger partial charge in [-0.1, -0.05) is 167 Å². The molecule has 0 aromatic rings. The van der Waals surface area contributed by atoms with Crippen molar-refractivity contribution >= 4 is 19.8 Å². The van der Waals surface area contributed by atoms with Gasteiger partial charge in [0.15, 0.2) is 18.7 Å². The second-order valence-corrected chi connectivity index (χ2v) is 23.6. The second-order valence-electron chi connectivity index (χ2n) is 22.2. The molecule has 0 amide bonds. The van der Waals surface area contributed by atoms with Crippen molar-refractivity contribution in [3.63, 3.8) is 0 Å². The second kappa shape index (κ2) is 42.1. The van der Waals surface area contributed by atoms with Gasteiger partial charge < -0.3 is 89.5 Å². The van der Waals surface area contributed by atoms with Gasteiger partial charge in [0.05, 0.1) is 19.8 Å². The number of aliphatic hydroxyl groups excluding tert-OH is 11. The standard InChI is InChI=1S/C57H105O23P/c1-3-5-7-9-11-13-15-17-18-19-20-22-23-25-27-29-31-33-42(60)73-37-39(75-43(61)34-32-30-28-26-24-21-16-14-12-10-8-6-4-2)38-74-81(71,72)80-55-53(78-56-51(69)46(64)44(62)40(35-58)76-56)49(67)48(66)50(68)54(55)79-57-52(70)47(65)45(63)41(36-59)77-57/h21,24,39-41,44-59,62-70H,3-20,22-23,25-38H2,1-2H3,(H,71,72)/b24-21-. The third-order valence-electron chi connectivity index (χ3n) is 15.3. The predicted octanol–water partition coefficient (Wildman–Crippen LogP) is 4.71. The highest BCUT2D eigenvalue weighted by Gasteiger charge is 2.58. The Bertz CT molecular complexity index is 1660. The van der Waals surface area contributed by atoms with Crippen LogP contribution in [0.3, 0.4) is 0 Å². The number of hydrogen-bond donors (Lipinski definition) is 12. The number of phosphoric acid groups is 1. The summed E-state index contributed by atoms with van der Waals surface area (Å²) in [6.07, 6.45) is 0.500. The number of rotatable bonds is 45. The van der Waals surface area contributed by atoms with Crippen LogP contribution in [0.2, 0.25) is 0 Å². The van der Waals surface area contributed by atoms with Gasteiger partial charge >= 0.3 is 19.8 Å². The van der Waals surface area contributed by atoms with E-state index in [2.05, 4.69) is 26.0 Å². The van der Waals surface area contributed by atoms with Crippen molar-refractivity contribution < 1.29 is 113 Å². The Labute approximate surface area is 480 Å². The summed E-state index contributed by atoms with van der Waals surface area (Å²) in [7, 11) is -5.64. The molecule has 476 valence electrons. The summed E-state index contributed by atoms with van der Waals surface area (Å²) >= 11 is 0. The molecular formula is C57H105O23P. The molecule has 23 nitrogen and oxygen atoms in total. The van der Waals surface area contributed by atoms with Crippen molar-refractivity contribution in [2.75, 3.05) is 26.4 Å². The highest BCUT2D eigenvalue weighted by Crippen LogP contribution is 2.49. The van der Waals surface area contributed by atoms with Crippen molar-refractivity contribution in [2.24, 2.45) is 0 Å². The quantitative estimate of drug-likeness (QED) is 0.0170. The summed E-state index contributed by atoms with van der Waals surface area (Å²) in [5.74, 6) is -1.34. The van der Waals surface area contributed by atoms with E-state index in [1.807, 2.05) is 0 Å². The SMILES string of the molecule is CCCCCCCC/C=C\CCCCCC(=O)OC(COC(=O)CCCCCCCCCCCCCCCCCCC)COP(=O)(O)OC1C(OC2OC(CO)C(O)C(O)C2O)C(O)C(O)C(O)C1OC1OC(CO)C(O)C(O)C1O. The third kappa shape index (κ3) is 27.6. The zero-order valence-corrected chi connectivity index (χ0v) is 49.2. The van der Waals surface area contributed by atoms with Crippen molar-refractivity contribution in [3.05, 3.63) is 12.2 Å². The molecule has 2 heterocycles. The van der Waals surface area contributed by atoms with E-state index in [1.165, 1.54) is 109 Å². The van der Waals surface area contributed by atoms with Crippen LogP contribution in [-0.4, -0.2) is 204 Å². The monoisotopic (exact) mass is 1190 g/mol. The van der Waals surface area contributed by atoms with Crippen molar-refractivity contribution in [1.82, 2.24) is 0 Å². The third-order valence-corrected chi connectivity index (χ3v) is 16.3. The molecule has 0 aromatic heterocycles. The molecule has 16 unspecified atom stereocenters. The number of carbonyl (C=O) groups excluding carboxylic acids is 2. The first-order valence-electron chi connectivity index (χ1n) is 30.5. The van der Waals surface area contributed by atoms with Crippen molar-refractivity contribution in [2.45, 2.75) is 311 Å². The van der Waals surface area contributed by atoms with Gasteiger partial charge in [-0.3, -0.25) is 18.6 Å². The molecule has 3 rings (SSSR count). The highest BCUT2D eigenvalue weighted by molar-refractivity contribution is 7.47. The number of aliphatic hydroxyl groups is 11. The molecule has 0 aromatic carbocycles. The Morgan fingerprint density at radius 2 is 0.815 bits per heavy atom. The normalized spacial score (nSPS) is 31.0. The van der Waals surface area contributed by atoms with Gasteiger partial charge in [-0.25, -0.2) is 4.57 Å². The molecule has 24 heteroatoms. The minimum absolute atomic E-state index is 0.0490. The zero-order valence-electron chi connectivity index (χ0n) is 48.3. The maximum Gasteiger partial charge on any atom is 0.472 e. The van der Waals surface area contributed by atoms with E-state index in [4.69, 9.17) is 37.5 Å². The van der Waals surface area contributed by atoms with Crippen LogP contribution in [-0.2, 0) is 51.6 Å². The lowest BCUT2D eigenvalue weighted by molar-refractivity contribution is -0.360. The Morgan fingerprint density at radius 1 is 0.457 bits per heavy atom. The first-order chi connectivity index (χ1) is 38.9. The van der Waals surface area contributed by atoms with E-state index in [0.717, 1.165) is 51.4 Å². The van der Waals surface area contributed by atoms with Crippen LogP contribution in [0, 0.1) is 0 Å². The lowest BCUT2D eigenvalue weighted by Gasteiger charge is -2.49. The fourth-order valence-corrected chi connectivity index (χ4v) is 11.2. The molecule has 81 heavy (non-hydrogen) atoms. The number of ether oxygens (including phenoxy) is 6. The summed E-state index contributed by atoms with van der Waals surface area (Å²) in [5, 5.41) is 117. The molecular weight excluding hydrogens is 1080 g/mol. The van der Waals surface area contributed by atoms with E-state index in [0.29, 0.717) is 19.3 Å². The first-order valence-corrected chi connectivity index (χ1v) is 32.0. The topological polar surface area (TPSA) is 368 Å². The molecule has 3 aliphatic rings. The average Bonchev–Trinajstić information content (AvgIpc) is 3.45. The van der Waals surface area contributed by atoms with E-state index < -0.39 is 150 Å². The van der Waals surface area contributed by atoms with Gasteiger partial charge in [0, 0.05) is 12.8 Å².